The van der Waals surface area contributed by atoms with Crippen LogP contribution in [-0.4, -0.2) is 40.9 Å². The fraction of sp³-hybridized carbons (Fsp3) is 0.750. The number of aryl methyl sites for hydroxylation is 1. The van der Waals surface area contributed by atoms with Crippen molar-refractivity contribution in [3.8, 4) is 0 Å². The van der Waals surface area contributed by atoms with Crippen LogP contribution in [0.5, 0.6) is 0 Å². The molecule has 6 nitrogen and oxygen atoms in total. The van der Waals surface area contributed by atoms with Gasteiger partial charge in [0.15, 0.2) is 5.82 Å². The van der Waals surface area contributed by atoms with Crippen molar-refractivity contribution in [1.29, 1.82) is 0 Å². The highest BCUT2D eigenvalue weighted by Crippen LogP contribution is 2.36. The predicted molar refractivity (Wildman–Crippen MR) is 82.9 cm³/mol. The predicted octanol–water partition coefficient (Wildman–Crippen LogP) is 3.25. The van der Waals surface area contributed by atoms with Gasteiger partial charge in [-0.3, -0.25) is 5.32 Å². The van der Waals surface area contributed by atoms with Gasteiger partial charge in [0.2, 0.25) is 0 Å². The van der Waals surface area contributed by atoms with Gasteiger partial charge < -0.3 is 14.2 Å². The third-order valence-electron chi connectivity index (χ3n) is 4.84. The van der Waals surface area contributed by atoms with Gasteiger partial charge in [-0.2, -0.15) is 0 Å². The molecule has 1 saturated heterocycles. The number of hydrogen-bond acceptors (Lipinski definition) is 4. The van der Waals surface area contributed by atoms with Crippen LogP contribution in [0.2, 0.25) is 0 Å². The molecular formula is C16H25N3O3. The second-order valence-electron chi connectivity index (χ2n) is 6.70. The molecule has 1 aromatic heterocycles. The molecule has 22 heavy (non-hydrogen) atoms. The minimum atomic E-state index is -0.151. The molecule has 6 heteroatoms. The lowest BCUT2D eigenvalue weighted by Crippen LogP contribution is -2.58. The number of hydrogen-bond donors (Lipinski definition) is 1. The average Bonchev–Trinajstić information content (AvgIpc) is 2.79. The van der Waals surface area contributed by atoms with Crippen molar-refractivity contribution in [2.24, 2.45) is 0 Å². The van der Waals surface area contributed by atoms with Crippen molar-refractivity contribution in [3.05, 3.63) is 11.3 Å². The SMILES string of the molecule is Cc1onc(NC(=O)N2CC(C)OC3(CCCCC3)C2)c1C. The van der Waals surface area contributed by atoms with E-state index in [0.29, 0.717) is 18.9 Å². The lowest BCUT2D eigenvalue weighted by Gasteiger charge is -2.47. The maximum Gasteiger partial charge on any atom is 0.323 e. The topological polar surface area (TPSA) is 67.6 Å². The van der Waals surface area contributed by atoms with E-state index in [9.17, 15) is 4.79 Å². The normalized spacial score (nSPS) is 24.5. The van der Waals surface area contributed by atoms with Crippen molar-refractivity contribution >= 4 is 11.8 Å². The number of morpholine rings is 1. The van der Waals surface area contributed by atoms with Crippen molar-refractivity contribution in [2.45, 2.75) is 64.6 Å². The summed E-state index contributed by atoms with van der Waals surface area (Å²) in [5.41, 5.74) is 0.726. The molecule has 0 radical (unpaired) electrons. The Hall–Kier alpha value is -1.56. The average molecular weight is 307 g/mol. The Kier molecular flexibility index (Phi) is 4.12. The summed E-state index contributed by atoms with van der Waals surface area (Å²) in [6, 6.07) is -0.114. The molecule has 2 heterocycles. The fourth-order valence-electron chi connectivity index (χ4n) is 3.57. The van der Waals surface area contributed by atoms with Gasteiger partial charge in [-0.05, 0) is 33.6 Å². The Balaban J connectivity index is 1.70. The number of rotatable bonds is 1. The number of urea groups is 1. The molecule has 1 saturated carbocycles. The minimum absolute atomic E-state index is 0.0674. The molecule has 0 bridgehead atoms. The molecule has 1 aliphatic carbocycles. The fourth-order valence-corrected chi connectivity index (χ4v) is 3.57. The van der Waals surface area contributed by atoms with Crippen molar-refractivity contribution < 1.29 is 14.1 Å². The second kappa shape index (κ2) is 5.91. The van der Waals surface area contributed by atoms with Crippen molar-refractivity contribution in [2.75, 3.05) is 18.4 Å². The Bertz CT molecular complexity index is 549. The zero-order valence-electron chi connectivity index (χ0n) is 13.6. The van der Waals surface area contributed by atoms with Crippen LogP contribution in [0, 0.1) is 13.8 Å². The number of ether oxygens (including phenoxy) is 1. The lowest BCUT2D eigenvalue weighted by atomic mass is 9.83. The molecule has 2 fully saturated rings. The van der Waals surface area contributed by atoms with Gasteiger partial charge >= 0.3 is 6.03 Å². The highest BCUT2D eigenvalue weighted by Gasteiger charge is 2.41. The first-order valence-electron chi connectivity index (χ1n) is 8.16. The van der Waals surface area contributed by atoms with Gasteiger partial charge in [-0.25, -0.2) is 4.79 Å². The summed E-state index contributed by atoms with van der Waals surface area (Å²) in [6.07, 6.45) is 5.79. The van der Waals surface area contributed by atoms with Crippen LogP contribution in [0.3, 0.4) is 0 Å². The number of carbonyl (C=O) groups excluding carboxylic acids is 1. The number of amides is 2. The first kappa shape index (κ1) is 15.3. The van der Waals surface area contributed by atoms with Gasteiger partial charge in [0.05, 0.1) is 18.2 Å². The summed E-state index contributed by atoms with van der Waals surface area (Å²) in [6.45, 7) is 7.06. The molecule has 1 aromatic rings. The first-order valence-corrected chi connectivity index (χ1v) is 8.16. The number of carbonyl (C=O) groups is 1. The maximum absolute atomic E-state index is 12.6. The first-order chi connectivity index (χ1) is 10.5. The second-order valence-corrected chi connectivity index (χ2v) is 6.70. The quantitative estimate of drug-likeness (QED) is 0.865. The molecule has 1 unspecified atom stereocenters. The number of nitrogens with zero attached hydrogens (tertiary/aromatic N) is 2. The summed E-state index contributed by atoms with van der Waals surface area (Å²) < 4.78 is 11.3. The maximum atomic E-state index is 12.6. The van der Waals surface area contributed by atoms with Crippen molar-refractivity contribution in [3.63, 3.8) is 0 Å². The van der Waals surface area contributed by atoms with Gasteiger partial charge in [0, 0.05) is 12.1 Å². The number of nitrogens with one attached hydrogen (secondary N) is 1. The Labute approximate surface area is 131 Å². The summed E-state index contributed by atoms with van der Waals surface area (Å²) in [7, 11) is 0. The van der Waals surface area contributed by atoms with E-state index in [1.807, 2.05) is 25.7 Å². The van der Waals surface area contributed by atoms with Crippen LogP contribution < -0.4 is 5.32 Å². The molecule has 2 aliphatic rings. The van der Waals surface area contributed by atoms with E-state index in [0.717, 1.165) is 24.2 Å². The molecule has 1 aliphatic heterocycles. The van der Waals surface area contributed by atoms with Gasteiger partial charge in [0.1, 0.15) is 5.76 Å². The Morgan fingerprint density at radius 1 is 1.32 bits per heavy atom. The van der Waals surface area contributed by atoms with E-state index in [1.165, 1.54) is 19.3 Å². The third-order valence-corrected chi connectivity index (χ3v) is 4.84. The van der Waals surface area contributed by atoms with Gasteiger partial charge in [-0.15, -0.1) is 0 Å². The summed E-state index contributed by atoms with van der Waals surface area (Å²) in [5.74, 6) is 1.24. The van der Waals surface area contributed by atoms with E-state index in [2.05, 4.69) is 10.5 Å². The molecule has 2 amide bonds. The zero-order chi connectivity index (χ0) is 15.7. The molecular weight excluding hydrogens is 282 g/mol. The van der Waals surface area contributed by atoms with E-state index in [-0.39, 0.29) is 17.7 Å². The smallest absolute Gasteiger partial charge is 0.323 e. The number of anilines is 1. The zero-order valence-corrected chi connectivity index (χ0v) is 13.6. The monoisotopic (exact) mass is 307 g/mol. The molecule has 1 atom stereocenters. The van der Waals surface area contributed by atoms with Gasteiger partial charge in [-0.1, -0.05) is 24.4 Å². The van der Waals surface area contributed by atoms with E-state index < -0.39 is 0 Å². The third kappa shape index (κ3) is 2.97. The number of aromatic nitrogens is 1. The molecule has 0 aromatic carbocycles. The minimum Gasteiger partial charge on any atom is -0.368 e. The molecule has 3 rings (SSSR count). The standard InChI is InChI=1S/C16H25N3O3/c1-11-9-19(10-16(21-11)7-5-4-6-8-16)15(20)17-14-12(2)13(3)22-18-14/h11H,4-10H2,1-3H3,(H,17,18,20). The Morgan fingerprint density at radius 2 is 2.05 bits per heavy atom. The lowest BCUT2D eigenvalue weighted by molar-refractivity contribution is -0.152. The summed E-state index contributed by atoms with van der Waals surface area (Å²) in [5, 5.41) is 6.78. The molecule has 122 valence electrons. The summed E-state index contributed by atoms with van der Waals surface area (Å²) >= 11 is 0. The van der Waals surface area contributed by atoms with Crippen LogP contribution in [-0.2, 0) is 4.74 Å². The largest absolute Gasteiger partial charge is 0.368 e. The van der Waals surface area contributed by atoms with Crippen molar-refractivity contribution in [1.82, 2.24) is 10.1 Å². The van der Waals surface area contributed by atoms with Gasteiger partial charge in [0.25, 0.3) is 0 Å². The molecule has 1 N–H and O–H groups in total. The summed E-state index contributed by atoms with van der Waals surface area (Å²) in [4.78, 5) is 14.4. The Morgan fingerprint density at radius 3 is 2.68 bits per heavy atom. The van der Waals surface area contributed by atoms with Crippen LogP contribution >= 0.6 is 0 Å². The van der Waals surface area contributed by atoms with E-state index in [1.54, 1.807) is 0 Å². The highest BCUT2D eigenvalue weighted by atomic mass is 16.5. The van der Waals surface area contributed by atoms with Crippen LogP contribution in [0.1, 0.15) is 50.4 Å². The van der Waals surface area contributed by atoms with Crippen LogP contribution in [0.25, 0.3) is 0 Å². The molecule has 1 spiro atoms. The highest BCUT2D eigenvalue weighted by molar-refractivity contribution is 5.89. The van der Waals surface area contributed by atoms with E-state index >= 15 is 0 Å². The van der Waals surface area contributed by atoms with E-state index in [4.69, 9.17) is 9.26 Å². The van der Waals surface area contributed by atoms with Crippen LogP contribution in [0.4, 0.5) is 10.6 Å². The van der Waals surface area contributed by atoms with Crippen LogP contribution in [0.15, 0.2) is 4.52 Å².